The largest absolute Gasteiger partial charge is 0.319 e. The van der Waals surface area contributed by atoms with Gasteiger partial charge in [-0.15, -0.1) is 0 Å². The van der Waals surface area contributed by atoms with Gasteiger partial charge in [0, 0.05) is 18.8 Å². The van der Waals surface area contributed by atoms with Gasteiger partial charge in [0.1, 0.15) is 0 Å². The molecule has 1 aliphatic rings. The molecule has 1 fully saturated rings. The Balaban J connectivity index is 2.06. The van der Waals surface area contributed by atoms with Gasteiger partial charge >= 0.3 is 0 Å². The van der Waals surface area contributed by atoms with E-state index in [1.165, 1.54) is 28.6 Å². The fourth-order valence-corrected chi connectivity index (χ4v) is 5.68. The van der Waals surface area contributed by atoms with Gasteiger partial charge in [-0.2, -0.15) is 4.31 Å². The Labute approximate surface area is 150 Å². The molecule has 1 atom stereocenters. The normalized spacial score (nSPS) is 19.2. The molecular weight excluding hydrogens is 362 g/mol. The van der Waals surface area contributed by atoms with Crippen LogP contribution in [0.1, 0.15) is 26.2 Å². The summed E-state index contributed by atoms with van der Waals surface area (Å²) in [6.45, 7) is 3.74. The van der Waals surface area contributed by atoms with Crippen LogP contribution in [0, 0.1) is 5.92 Å². The second-order valence-electron chi connectivity index (χ2n) is 6.37. The lowest BCUT2D eigenvalue weighted by atomic mass is 10.1. The van der Waals surface area contributed by atoms with E-state index < -0.39 is 20.0 Å². The highest BCUT2D eigenvalue weighted by Gasteiger charge is 2.32. The first-order valence-corrected chi connectivity index (χ1v) is 11.6. The first-order chi connectivity index (χ1) is 11.8. The third kappa shape index (κ3) is 5.40. The van der Waals surface area contributed by atoms with Crippen molar-refractivity contribution in [1.29, 1.82) is 0 Å². The molecule has 9 heteroatoms. The number of sulfonamides is 2. The minimum atomic E-state index is -3.54. The monoisotopic (exact) mass is 389 g/mol. The van der Waals surface area contributed by atoms with Crippen LogP contribution in [0.4, 0.5) is 5.69 Å². The number of benzene rings is 1. The average Bonchev–Trinajstić information content (AvgIpc) is 3.03. The minimum absolute atomic E-state index is 0.0597. The van der Waals surface area contributed by atoms with E-state index in [1.807, 2.05) is 14.0 Å². The predicted molar refractivity (Wildman–Crippen MR) is 99.6 cm³/mol. The van der Waals surface area contributed by atoms with E-state index in [0.29, 0.717) is 31.1 Å². The number of unbranched alkanes of at least 4 members (excludes halogenated alkanes) is 1. The number of anilines is 1. The Hall–Kier alpha value is -1.16. The van der Waals surface area contributed by atoms with Gasteiger partial charge in [0.15, 0.2) is 0 Å². The van der Waals surface area contributed by atoms with Crippen molar-refractivity contribution in [2.45, 2.75) is 31.1 Å². The van der Waals surface area contributed by atoms with Gasteiger partial charge in [0.05, 0.1) is 10.6 Å². The van der Waals surface area contributed by atoms with Gasteiger partial charge in [0.2, 0.25) is 20.0 Å². The van der Waals surface area contributed by atoms with E-state index in [1.54, 1.807) is 0 Å². The Morgan fingerprint density at radius 1 is 1.16 bits per heavy atom. The van der Waals surface area contributed by atoms with Crippen LogP contribution < -0.4 is 10.0 Å². The van der Waals surface area contributed by atoms with Crippen LogP contribution in [0.15, 0.2) is 29.2 Å². The van der Waals surface area contributed by atoms with Crippen molar-refractivity contribution in [3.8, 4) is 0 Å². The summed E-state index contributed by atoms with van der Waals surface area (Å²) in [4.78, 5) is 0.189. The van der Waals surface area contributed by atoms with Crippen molar-refractivity contribution in [1.82, 2.24) is 9.62 Å². The van der Waals surface area contributed by atoms with Crippen LogP contribution >= 0.6 is 0 Å². The maximum atomic E-state index is 12.7. The zero-order valence-corrected chi connectivity index (χ0v) is 16.4. The first kappa shape index (κ1) is 20.2. The summed E-state index contributed by atoms with van der Waals surface area (Å²) >= 11 is 0. The second kappa shape index (κ2) is 8.48. The number of hydrogen-bond acceptors (Lipinski definition) is 5. The summed E-state index contributed by atoms with van der Waals surface area (Å²) < 4.78 is 53.2. The zero-order valence-electron chi connectivity index (χ0n) is 14.7. The lowest BCUT2D eigenvalue weighted by molar-refractivity contribution is 0.451. The van der Waals surface area contributed by atoms with E-state index in [9.17, 15) is 16.8 Å². The zero-order chi connectivity index (χ0) is 18.5. The van der Waals surface area contributed by atoms with Crippen molar-refractivity contribution >= 4 is 25.7 Å². The topological polar surface area (TPSA) is 95.6 Å². The van der Waals surface area contributed by atoms with Crippen molar-refractivity contribution in [3.63, 3.8) is 0 Å². The Morgan fingerprint density at radius 2 is 1.84 bits per heavy atom. The molecule has 1 heterocycles. The molecule has 2 N–H and O–H groups in total. The third-order valence-corrected chi connectivity index (χ3v) is 7.53. The number of rotatable bonds is 9. The molecule has 0 amide bonds. The SMILES string of the molecule is CCCCS(=O)(=O)Nc1ccc(S(=O)(=O)N2CCC(CNC)C2)cc1. The Bertz CT molecular complexity index is 761. The van der Waals surface area contributed by atoms with Crippen LogP contribution in [-0.4, -0.2) is 53.6 Å². The molecule has 1 unspecified atom stereocenters. The Morgan fingerprint density at radius 3 is 2.44 bits per heavy atom. The molecule has 0 saturated carbocycles. The highest BCUT2D eigenvalue weighted by Crippen LogP contribution is 2.25. The summed E-state index contributed by atoms with van der Waals surface area (Å²) in [6.07, 6.45) is 2.22. The molecule has 0 bridgehead atoms. The van der Waals surface area contributed by atoms with Gasteiger partial charge in [-0.25, -0.2) is 16.8 Å². The number of nitrogens with one attached hydrogen (secondary N) is 2. The third-order valence-electron chi connectivity index (χ3n) is 4.27. The van der Waals surface area contributed by atoms with Crippen LogP contribution in [-0.2, 0) is 20.0 Å². The quantitative estimate of drug-likeness (QED) is 0.667. The summed E-state index contributed by atoms with van der Waals surface area (Å²) in [7, 11) is -5.07. The first-order valence-electron chi connectivity index (χ1n) is 8.54. The van der Waals surface area contributed by atoms with Crippen molar-refractivity contribution < 1.29 is 16.8 Å². The van der Waals surface area contributed by atoms with Gasteiger partial charge in [-0.1, -0.05) is 13.3 Å². The molecule has 0 aromatic heterocycles. The second-order valence-corrected chi connectivity index (χ2v) is 10.2. The fraction of sp³-hybridized carbons (Fsp3) is 0.625. The van der Waals surface area contributed by atoms with Crippen molar-refractivity contribution in [2.24, 2.45) is 5.92 Å². The van der Waals surface area contributed by atoms with Gasteiger partial charge in [-0.3, -0.25) is 4.72 Å². The molecule has 0 radical (unpaired) electrons. The summed E-state index contributed by atoms with van der Waals surface area (Å²) in [6, 6.07) is 5.91. The molecule has 1 saturated heterocycles. The lowest BCUT2D eigenvalue weighted by Crippen LogP contribution is -2.30. The van der Waals surface area contributed by atoms with Gasteiger partial charge < -0.3 is 5.32 Å². The molecular formula is C16H27N3O4S2. The summed E-state index contributed by atoms with van der Waals surface area (Å²) in [5, 5.41) is 3.08. The number of hydrogen-bond donors (Lipinski definition) is 2. The molecule has 142 valence electrons. The van der Waals surface area contributed by atoms with Crippen molar-refractivity contribution in [3.05, 3.63) is 24.3 Å². The van der Waals surface area contributed by atoms with E-state index in [2.05, 4.69) is 10.0 Å². The Kier molecular flexibility index (Phi) is 6.84. The molecule has 2 rings (SSSR count). The van der Waals surface area contributed by atoms with Gasteiger partial charge in [0.25, 0.3) is 0 Å². The molecule has 1 aromatic carbocycles. The number of nitrogens with zero attached hydrogens (tertiary/aromatic N) is 1. The molecule has 7 nitrogen and oxygen atoms in total. The highest BCUT2D eigenvalue weighted by molar-refractivity contribution is 7.92. The van der Waals surface area contributed by atoms with E-state index in [0.717, 1.165) is 19.4 Å². The molecule has 1 aliphatic heterocycles. The molecule has 1 aromatic rings. The van der Waals surface area contributed by atoms with Crippen LogP contribution in [0.2, 0.25) is 0 Å². The molecule has 25 heavy (non-hydrogen) atoms. The molecule has 0 spiro atoms. The van der Waals surface area contributed by atoms with Gasteiger partial charge in [-0.05, 0) is 56.6 Å². The molecule has 0 aliphatic carbocycles. The smallest absolute Gasteiger partial charge is 0.243 e. The van der Waals surface area contributed by atoms with E-state index in [-0.39, 0.29) is 10.6 Å². The van der Waals surface area contributed by atoms with E-state index in [4.69, 9.17) is 0 Å². The maximum absolute atomic E-state index is 12.7. The summed E-state index contributed by atoms with van der Waals surface area (Å²) in [5.74, 6) is 0.383. The standard InChI is InChI=1S/C16H27N3O4S2/c1-3-4-11-24(20,21)18-15-5-7-16(8-6-15)25(22,23)19-10-9-14(13-19)12-17-2/h5-8,14,17-18H,3-4,9-13H2,1-2H3. The van der Waals surface area contributed by atoms with Crippen molar-refractivity contribution in [2.75, 3.05) is 37.2 Å². The highest BCUT2D eigenvalue weighted by atomic mass is 32.2. The predicted octanol–water partition coefficient (Wildman–Crippen LogP) is 1.46. The fourth-order valence-electron chi connectivity index (χ4n) is 2.88. The van der Waals surface area contributed by atoms with Crippen LogP contribution in [0.5, 0.6) is 0 Å². The summed E-state index contributed by atoms with van der Waals surface area (Å²) in [5.41, 5.74) is 0.379. The lowest BCUT2D eigenvalue weighted by Gasteiger charge is -2.17. The maximum Gasteiger partial charge on any atom is 0.243 e. The minimum Gasteiger partial charge on any atom is -0.319 e. The van der Waals surface area contributed by atoms with Crippen LogP contribution in [0.3, 0.4) is 0 Å². The van der Waals surface area contributed by atoms with Crippen LogP contribution in [0.25, 0.3) is 0 Å². The average molecular weight is 390 g/mol. The van der Waals surface area contributed by atoms with E-state index >= 15 is 0 Å².